The first kappa shape index (κ1) is 20.3. The molecule has 162 valence electrons. The number of ether oxygens (including phenoxy) is 3. The van der Waals surface area contributed by atoms with E-state index in [1.54, 1.807) is 11.3 Å². The fourth-order valence-electron chi connectivity index (χ4n) is 4.27. The number of carbonyl (C=O) groups excluding carboxylic acids is 1. The van der Waals surface area contributed by atoms with Gasteiger partial charge in [-0.1, -0.05) is 32.0 Å². The van der Waals surface area contributed by atoms with Gasteiger partial charge in [0.25, 0.3) is 0 Å². The van der Waals surface area contributed by atoms with E-state index in [1.807, 2.05) is 18.7 Å². The van der Waals surface area contributed by atoms with Crippen molar-refractivity contribution in [2.45, 2.75) is 32.9 Å². The van der Waals surface area contributed by atoms with Gasteiger partial charge in [-0.15, -0.1) is 11.3 Å². The number of nitrogens with zero attached hydrogens (tertiary/aromatic N) is 1. The van der Waals surface area contributed by atoms with Crippen LogP contribution in [0.1, 0.15) is 25.8 Å². The first-order valence-electron chi connectivity index (χ1n) is 10.9. The van der Waals surface area contributed by atoms with E-state index in [-0.39, 0.29) is 17.9 Å². The predicted octanol–water partition coefficient (Wildman–Crippen LogP) is 5.11. The lowest BCUT2D eigenvalue weighted by molar-refractivity contribution is -0.135. The topological polar surface area (TPSA) is 48.0 Å². The van der Waals surface area contributed by atoms with Gasteiger partial charge >= 0.3 is 0 Å². The highest BCUT2D eigenvalue weighted by Crippen LogP contribution is 2.42. The van der Waals surface area contributed by atoms with Gasteiger partial charge in [-0.3, -0.25) is 4.79 Å². The summed E-state index contributed by atoms with van der Waals surface area (Å²) in [5, 5.41) is 3.43. The van der Waals surface area contributed by atoms with Gasteiger partial charge in [0.15, 0.2) is 11.5 Å². The summed E-state index contributed by atoms with van der Waals surface area (Å²) in [5.41, 5.74) is 3.27. The van der Waals surface area contributed by atoms with Crippen LogP contribution in [0.4, 0.5) is 0 Å². The Bertz CT molecular complexity index is 1100. The lowest BCUT2D eigenvalue weighted by Crippen LogP contribution is -2.35. The molecule has 6 heteroatoms. The van der Waals surface area contributed by atoms with E-state index in [0.29, 0.717) is 26.3 Å². The van der Waals surface area contributed by atoms with Gasteiger partial charge in [0.05, 0.1) is 19.8 Å². The number of amides is 1. The van der Waals surface area contributed by atoms with Gasteiger partial charge in [0, 0.05) is 40.1 Å². The van der Waals surface area contributed by atoms with Crippen LogP contribution < -0.4 is 9.47 Å². The lowest BCUT2D eigenvalue weighted by Gasteiger charge is -2.22. The largest absolute Gasteiger partial charge is 0.487 e. The predicted molar refractivity (Wildman–Crippen MR) is 123 cm³/mol. The number of benzene rings is 2. The van der Waals surface area contributed by atoms with Crippen LogP contribution in [0.25, 0.3) is 21.2 Å². The fraction of sp³-hybridized carbons (Fsp3) is 0.400. The average Bonchev–Trinajstić information content (AvgIpc) is 3.38. The van der Waals surface area contributed by atoms with Crippen LogP contribution in [0.3, 0.4) is 0 Å². The number of rotatable bonds is 4. The Balaban J connectivity index is 1.60. The molecule has 0 aliphatic carbocycles. The van der Waals surface area contributed by atoms with Crippen molar-refractivity contribution in [2.75, 3.05) is 26.4 Å². The zero-order valence-electron chi connectivity index (χ0n) is 17.9. The third-order valence-electron chi connectivity index (χ3n) is 5.88. The summed E-state index contributed by atoms with van der Waals surface area (Å²) in [6.07, 6.45) is 0.900. The third kappa shape index (κ3) is 4.02. The standard InChI is InChI=1S/C25H27NO4S/c1-16(2)25(27)26-8-10-29-24-18(13-26)11-17(12-22(24)30-19-7-9-28-14-19)21-15-31-23-6-4-3-5-20(21)23/h3-6,11-12,15-16,19H,7-10,13-14H2,1-2H3/t19-/m0/s1. The molecule has 2 aliphatic rings. The van der Waals surface area contributed by atoms with Crippen LogP contribution in [0.5, 0.6) is 11.5 Å². The van der Waals surface area contributed by atoms with Crippen molar-refractivity contribution in [3.63, 3.8) is 0 Å². The van der Waals surface area contributed by atoms with Crippen molar-refractivity contribution in [3.8, 4) is 22.6 Å². The minimum Gasteiger partial charge on any atom is -0.487 e. The minimum absolute atomic E-state index is 0.0267. The Morgan fingerprint density at radius 3 is 2.90 bits per heavy atom. The van der Waals surface area contributed by atoms with E-state index < -0.39 is 0 Å². The monoisotopic (exact) mass is 437 g/mol. The summed E-state index contributed by atoms with van der Waals surface area (Å²) < 4.78 is 19.3. The van der Waals surface area contributed by atoms with Crippen LogP contribution in [0.15, 0.2) is 41.8 Å². The van der Waals surface area contributed by atoms with Crippen LogP contribution in [0.2, 0.25) is 0 Å². The Morgan fingerprint density at radius 2 is 2.10 bits per heavy atom. The highest BCUT2D eigenvalue weighted by molar-refractivity contribution is 7.17. The minimum atomic E-state index is -0.0445. The Morgan fingerprint density at radius 1 is 1.23 bits per heavy atom. The number of hydrogen-bond acceptors (Lipinski definition) is 5. The van der Waals surface area contributed by atoms with Gasteiger partial charge in [0.2, 0.25) is 5.91 Å². The van der Waals surface area contributed by atoms with E-state index in [0.717, 1.165) is 35.7 Å². The first-order chi connectivity index (χ1) is 15.1. The summed E-state index contributed by atoms with van der Waals surface area (Å²) in [6.45, 7) is 6.77. The molecule has 1 saturated heterocycles. The highest BCUT2D eigenvalue weighted by atomic mass is 32.1. The van der Waals surface area contributed by atoms with E-state index in [9.17, 15) is 4.79 Å². The van der Waals surface area contributed by atoms with E-state index >= 15 is 0 Å². The summed E-state index contributed by atoms with van der Waals surface area (Å²) >= 11 is 1.74. The SMILES string of the molecule is CC(C)C(=O)N1CCOc2c(cc(-c3csc4ccccc34)cc2O[C@H]2CCOC2)C1. The van der Waals surface area contributed by atoms with Crippen LogP contribution in [-0.4, -0.2) is 43.3 Å². The summed E-state index contributed by atoms with van der Waals surface area (Å²) in [7, 11) is 0. The normalized spacial score (nSPS) is 18.7. The smallest absolute Gasteiger partial charge is 0.225 e. The molecule has 2 aromatic carbocycles. The average molecular weight is 438 g/mol. The zero-order chi connectivity index (χ0) is 21.4. The zero-order valence-corrected chi connectivity index (χ0v) is 18.7. The molecule has 31 heavy (non-hydrogen) atoms. The molecule has 3 heterocycles. The second-order valence-corrected chi connectivity index (χ2v) is 9.39. The molecule has 3 aromatic rings. The maximum atomic E-state index is 12.7. The van der Waals surface area contributed by atoms with Gasteiger partial charge in [0.1, 0.15) is 12.7 Å². The van der Waals surface area contributed by atoms with Crippen molar-refractivity contribution in [1.29, 1.82) is 0 Å². The summed E-state index contributed by atoms with van der Waals surface area (Å²) in [6, 6.07) is 12.7. The first-order valence-corrected chi connectivity index (χ1v) is 11.8. The van der Waals surface area contributed by atoms with Crippen LogP contribution in [-0.2, 0) is 16.1 Å². The van der Waals surface area contributed by atoms with E-state index in [4.69, 9.17) is 14.2 Å². The van der Waals surface area contributed by atoms with Gasteiger partial charge in [-0.2, -0.15) is 0 Å². The van der Waals surface area contributed by atoms with E-state index in [2.05, 4.69) is 41.8 Å². The molecular formula is C25H27NO4S. The molecule has 0 N–H and O–H groups in total. The molecule has 1 aromatic heterocycles. The lowest BCUT2D eigenvalue weighted by atomic mass is 10.0. The molecule has 0 saturated carbocycles. The Labute approximate surface area is 186 Å². The maximum absolute atomic E-state index is 12.7. The maximum Gasteiger partial charge on any atom is 0.225 e. The molecule has 0 spiro atoms. The second-order valence-electron chi connectivity index (χ2n) is 8.47. The van der Waals surface area contributed by atoms with Crippen molar-refractivity contribution in [2.24, 2.45) is 5.92 Å². The fourth-order valence-corrected chi connectivity index (χ4v) is 5.24. The molecular weight excluding hydrogens is 410 g/mol. The molecule has 1 atom stereocenters. The van der Waals surface area contributed by atoms with Gasteiger partial charge in [-0.05, 0) is 29.1 Å². The Hall–Kier alpha value is -2.57. The van der Waals surface area contributed by atoms with Crippen molar-refractivity contribution in [3.05, 3.63) is 47.3 Å². The van der Waals surface area contributed by atoms with E-state index in [1.165, 1.54) is 15.6 Å². The molecule has 5 rings (SSSR count). The third-order valence-corrected chi connectivity index (χ3v) is 6.84. The van der Waals surface area contributed by atoms with Crippen molar-refractivity contribution in [1.82, 2.24) is 4.90 Å². The highest BCUT2D eigenvalue weighted by Gasteiger charge is 2.27. The molecule has 5 nitrogen and oxygen atoms in total. The van der Waals surface area contributed by atoms with Crippen LogP contribution >= 0.6 is 11.3 Å². The molecule has 0 bridgehead atoms. The molecule has 0 unspecified atom stereocenters. The number of carbonyl (C=O) groups is 1. The summed E-state index contributed by atoms with van der Waals surface area (Å²) in [4.78, 5) is 14.6. The van der Waals surface area contributed by atoms with Gasteiger partial charge in [-0.25, -0.2) is 0 Å². The number of thiophene rings is 1. The van der Waals surface area contributed by atoms with Crippen molar-refractivity contribution >= 4 is 27.3 Å². The molecule has 1 amide bonds. The second kappa shape index (κ2) is 8.52. The Kier molecular flexibility index (Phi) is 5.59. The molecule has 1 fully saturated rings. The number of hydrogen-bond donors (Lipinski definition) is 0. The number of fused-ring (bicyclic) bond motifs is 2. The van der Waals surface area contributed by atoms with Crippen molar-refractivity contribution < 1.29 is 19.0 Å². The molecule has 0 radical (unpaired) electrons. The van der Waals surface area contributed by atoms with Gasteiger partial charge < -0.3 is 19.1 Å². The molecule has 2 aliphatic heterocycles. The summed E-state index contributed by atoms with van der Waals surface area (Å²) in [5.74, 6) is 1.61. The quantitative estimate of drug-likeness (QED) is 0.569. The van der Waals surface area contributed by atoms with Crippen LogP contribution in [0, 0.1) is 5.92 Å².